The maximum Gasteiger partial charge on any atom is 0.303 e. The van der Waals surface area contributed by atoms with E-state index in [1.165, 1.54) is 61.4 Å². The third-order valence-electron chi connectivity index (χ3n) is 17.7. The molecule has 7 amide bonds. The lowest BCUT2D eigenvalue weighted by Gasteiger charge is -2.43. The Labute approximate surface area is 564 Å². The second-order valence-corrected chi connectivity index (χ2v) is 25.9. The van der Waals surface area contributed by atoms with E-state index >= 15 is 0 Å². The Morgan fingerprint density at radius 1 is 0.735 bits per heavy atom. The highest BCUT2D eigenvalue weighted by molar-refractivity contribution is 6.31. The molecule has 0 aromatic heterocycles. The smallest absolute Gasteiger partial charge is 0.303 e. The van der Waals surface area contributed by atoms with Gasteiger partial charge in [-0.05, 0) is 73.8 Å². The molecule has 2 heterocycles. The lowest BCUT2D eigenvalue weighted by molar-refractivity contribution is -0.249. The second-order valence-electron chi connectivity index (χ2n) is 25.9. The van der Waals surface area contributed by atoms with Gasteiger partial charge in [0.05, 0.1) is 68.2 Å². The fourth-order valence-corrected chi connectivity index (χ4v) is 12.7. The number of aliphatic hydroxyl groups excluding tert-OH is 2. The minimum absolute atomic E-state index is 0.0101. The lowest BCUT2D eigenvalue weighted by atomic mass is 9.72. The van der Waals surface area contributed by atoms with Crippen LogP contribution in [0.3, 0.4) is 0 Å². The van der Waals surface area contributed by atoms with E-state index in [9.17, 15) is 83.4 Å². The third kappa shape index (κ3) is 17.8. The van der Waals surface area contributed by atoms with Crippen LogP contribution in [0.15, 0.2) is 72.8 Å². The molecule has 29 nitrogen and oxygen atoms in total. The molecule has 0 spiro atoms. The minimum atomic E-state index is -2.49. The van der Waals surface area contributed by atoms with Crippen molar-refractivity contribution in [1.29, 1.82) is 0 Å². The molecular formula is C69H85N7O22. The van der Waals surface area contributed by atoms with Crippen molar-refractivity contribution in [2.75, 3.05) is 33.4 Å². The first-order valence-electron chi connectivity index (χ1n) is 32.4. The zero-order chi connectivity index (χ0) is 71.4. The number of hydrogen-bond acceptors (Lipinski definition) is 21. The number of rotatable bonds is 30. The van der Waals surface area contributed by atoms with E-state index in [1.54, 1.807) is 58.0 Å². The number of benzene rings is 4. The van der Waals surface area contributed by atoms with Crippen LogP contribution in [0.25, 0.3) is 0 Å². The van der Waals surface area contributed by atoms with Crippen molar-refractivity contribution < 1.29 is 107 Å². The molecule has 4 aliphatic rings. The van der Waals surface area contributed by atoms with Gasteiger partial charge in [-0.1, -0.05) is 82.3 Å². The predicted molar refractivity (Wildman–Crippen MR) is 345 cm³/mol. The van der Waals surface area contributed by atoms with Crippen LogP contribution in [-0.4, -0.2) is 199 Å². The molecule has 11 atom stereocenters. The highest BCUT2D eigenvalue weighted by atomic mass is 16.7. The number of carboxylic acids is 1. The summed E-state index contributed by atoms with van der Waals surface area (Å²) in [6.07, 6.45) is -7.77. The van der Waals surface area contributed by atoms with Crippen LogP contribution in [0.4, 0.5) is 0 Å². The summed E-state index contributed by atoms with van der Waals surface area (Å²) in [5.74, 6) is -11.9. The number of ketones is 3. The number of carbonyl (C=O) groups is 11. The van der Waals surface area contributed by atoms with Gasteiger partial charge in [-0.2, -0.15) is 0 Å². The summed E-state index contributed by atoms with van der Waals surface area (Å²) in [6, 6.07) is 10.8. The highest BCUT2D eigenvalue weighted by Crippen LogP contribution is 2.53. The van der Waals surface area contributed by atoms with Crippen LogP contribution >= 0.6 is 0 Å². The fraction of sp³-hybridized carbons (Fsp3) is 0.493. The Bertz CT molecular complexity index is 3660. The van der Waals surface area contributed by atoms with Gasteiger partial charge in [-0.3, -0.25) is 52.7 Å². The van der Waals surface area contributed by atoms with Crippen molar-refractivity contribution in [1.82, 2.24) is 36.8 Å². The summed E-state index contributed by atoms with van der Waals surface area (Å²) in [5.41, 5.74) is -3.63. The van der Waals surface area contributed by atoms with E-state index in [2.05, 4.69) is 31.9 Å². The number of aliphatic hydroxyl groups is 3. The molecule has 0 bridgehead atoms. The van der Waals surface area contributed by atoms with Gasteiger partial charge in [0, 0.05) is 55.3 Å². The molecule has 0 saturated carbocycles. The Balaban J connectivity index is 0.996. The Morgan fingerprint density at radius 2 is 1.39 bits per heavy atom. The molecule has 2 aliphatic heterocycles. The number of phenolic OH excluding ortho intramolecular Hbond substituents is 3. The van der Waals surface area contributed by atoms with E-state index < -0.39 is 199 Å². The third-order valence-corrected chi connectivity index (χ3v) is 17.7. The summed E-state index contributed by atoms with van der Waals surface area (Å²) >= 11 is 0. The Kier molecular flexibility index (Phi) is 24.9. The number of amides is 7. The number of nitrogens with one attached hydrogen (secondary N) is 6. The van der Waals surface area contributed by atoms with Gasteiger partial charge in [0.2, 0.25) is 47.1 Å². The van der Waals surface area contributed by atoms with Gasteiger partial charge in [0.15, 0.2) is 17.9 Å². The number of methoxy groups -OCH3 is 1. The average Bonchev–Trinajstić information content (AvgIpc) is 0.717. The van der Waals surface area contributed by atoms with E-state index in [0.29, 0.717) is 17.5 Å². The second kappa shape index (κ2) is 32.8. The zero-order valence-electron chi connectivity index (χ0n) is 55.2. The normalized spacial score (nSPS) is 21.5. The van der Waals surface area contributed by atoms with Crippen molar-refractivity contribution >= 4 is 64.7 Å². The van der Waals surface area contributed by atoms with Crippen LogP contribution in [-0.2, 0) is 76.8 Å². The first-order valence-corrected chi connectivity index (χ1v) is 32.4. The molecule has 528 valence electrons. The number of fused-ring (bicyclic) bond motifs is 3. The van der Waals surface area contributed by atoms with Crippen LogP contribution in [0, 0.1) is 11.8 Å². The van der Waals surface area contributed by atoms with Crippen LogP contribution in [0.5, 0.6) is 23.0 Å². The van der Waals surface area contributed by atoms with Crippen LogP contribution in [0.1, 0.15) is 146 Å². The standard InChI is InChI=1S/C69H85N7O22/c1-34(2)24-43(75-68(93)47-15-11-23-76(47)52(81)21-22-53(82)83)64(89)70-30-51(80)71-46(33-96-32-38-12-8-7-9-13-38)67(92)74-45(26-37-17-19-39(78)20-18-37)66(91)73-44(25-35(3)4)65(90)72-42-27-54(97-36(5)59(42)84)98-49-29-69(94,50(79)31-77)28-41-56(49)63(88)58-57(61(41)86)60(85)40-14-10-16-48(95-6)55(40)62(58)87/h7-10,12-14,16-20,34-36,42-47,49,54,59,77-78,84,86,88,94H,11,15,21-33H2,1-6H3,(H,70,89)(H,71,80)(H,72,90)(H,73,91)(H,74,92)(H,75,93)(H,82,83)/t36-,42-,43-,44-,45-,46-,47?,49-,54-,59+,69-/m0/s1. The molecule has 4 aromatic rings. The van der Waals surface area contributed by atoms with Gasteiger partial charge in [0.25, 0.3) is 0 Å². The van der Waals surface area contributed by atoms with Crippen molar-refractivity contribution in [3.63, 3.8) is 0 Å². The largest absolute Gasteiger partial charge is 0.508 e. The molecule has 13 N–H and O–H groups in total. The predicted octanol–water partition coefficient (Wildman–Crippen LogP) is 1.33. The SMILES string of the molecule is COc1cccc2c1C(=O)c1c(O)c3c(c(O)c1C2=O)C[C@@](O)(C(=O)CO)C[C@@H]3O[C@H]1C[C@H](NC(=O)[C@H](CC(C)C)NC(=O)[C@H](Cc2ccc(O)cc2)NC(=O)[C@H](COCc2ccccc2)NC(=O)CNC(=O)[C@H](CC(C)C)NC(=O)C2CCCN2C(=O)CCC(=O)O)[C@H](O)[C@H](C)O1. The summed E-state index contributed by atoms with van der Waals surface area (Å²) in [4.78, 5) is 152. The molecule has 8 rings (SSSR count). The maximum atomic E-state index is 14.8. The van der Waals surface area contributed by atoms with Gasteiger partial charge in [-0.25, -0.2) is 0 Å². The Morgan fingerprint density at radius 3 is 2.04 bits per heavy atom. The number of aromatic hydroxyl groups is 3. The quantitative estimate of drug-likeness (QED) is 0.0288. The number of ether oxygens (including phenoxy) is 4. The summed E-state index contributed by atoms with van der Waals surface area (Å²) in [5, 5.41) is 92.7. The van der Waals surface area contributed by atoms with Gasteiger partial charge in [0.1, 0.15) is 71.5 Å². The fourth-order valence-electron chi connectivity index (χ4n) is 12.7. The average molecular weight is 1360 g/mol. The van der Waals surface area contributed by atoms with Gasteiger partial charge >= 0.3 is 5.97 Å². The molecule has 1 unspecified atom stereocenters. The van der Waals surface area contributed by atoms with E-state index in [-0.39, 0.29) is 90.8 Å². The summed E-state index contributed by atoms with van der Waals surface area (Å²) in [7, 11) is 1.27. The molecular weight excluding hydrogens is 1280 g/mol. The van der Waals surface area contributed by atoms with Crippen LogP contribution in [0.2, 0.25) is 0 Å². The molecule has 98 heavy (non-hydrogen) atoms. The van der Waals surface area contributed by atoms with E-state index in [0.717, 1.165) is 0 Å². The number of Topliss-reactive ketones (excluding diaryl/α,β-unsaturated/α-hetero) is 1. The molecule has 0 radical (unpaired) electrons. The van der Waals surface area contributed by atoms with Gasteiger partial charge < -0.3 is 91.5 Å². The molecule has 29 heteroatoms. The van der Waals surface area contributed by atoms with Crippen molar-refractivity contribution in [3.05, 3.63) is 117 Å². The molecule has 2 aliphatic carbocycles. The highest BCUT2D eigenvalue weighted by Gasteiger charge is 2.51. The number of aliphatic carboxylic acids is 1. The number of hydrogen-bond donors (Lipinski definition) is 13. The summed E-state index contributed by atoms with van der Waals surface area (Å²) < 4.78 is 23.8. The van der Waals surface area contributed by atoms with Gasteiger partial charge in [-0.15, -0.1) is 0 Å². The number of carbonyl (C=O) groups excluding carboxylic acids is 10. The monoisotopic (exact) mass is 1360 g/mol. The first-order chi connectivity index (χ1) is 46.5. The van der Waals surface area contributed by atoms with Crippen molar-refractivity contribution in [2.24, 2.45) is 11.8 Å². The zero-order valence-corrected chi connectivity index (χ0v) is 55.2. The topological polar surface area (TPSA) is 442 Å². The maximum absolute atomic E-state index is 14.8. The molecule has 2 saturated heterocycles. The number of carboxylic acid groups (broad SMARTS) is 1. The molecule has 2 fully saturated rings. The molecule has 4 aromatic carbocycles. The summed E-state index contributed by atoms with van der Waals surface area (Å²) in [6.45, 7) is 6.37. The van der Waals surface area contributed by atoms with E-state index in [4.69, 9.17) is 24.1 Å². The Hall–Kier alpha value is -9.39. The number of nitrogens with zero attached hydrogens (tertiary/aromatic N) is 1. The van der Waals surface area contributed by atoms with Crippen LogP contribution < -0.4 is 36.6 Å². The lowest BCUT2D eigenvalue weighted by Crippen LogP contribution is -2.61. The minimum Gasteiger partial charge on any atom is -0.508 e. The first kappa shape index (κ1) is 74.4. The van der Waals surface area contributed by atoms with Crippen molar-refractivity contribution in [3.8, 4) is 23.0 Å². The number of likely N-dealkylation sites (tertiary alicyclic amines) is 1. The van der Waals surface area contributed by atoms with Crippen molar-refractivity contribution in [2.45, 2.75) is 172 Å². The number of phenols is 3. The van der Waals surface area contributed by atoms with E-state index in [1.807, 2.05) is 0 Å².